The van der Waals surface area contributed by atoms with E-state index in [0.717, 1.165) is 11.4 Å². The summed E-state index contributed by atoms with van der Waals surface area (Å²) >= 11 is 1.29. The average Bonchev–Trinajstić information content (AvgIpc) is 3.47. The molecule has 3 heterocycles. The summed E-state index contributed by atoms with van der Waals surface area (Å²) in [6.07, 6.45) is 3.33. The fourth-order valence-electron chi connectivity index (χ4n) is 3.47. The standard InChI is InChI=1S/C24H23N5O4S/c1-14-20(23(34-4)27-22(25-14)18-11-8-12-32-18)24(31)33-13-19(30)26-21-15(2)28-29(16(21)3)17-9-6-5-7-10-17/h5-12H,13H2,1-4H3,(H,26,30). The Hall–Kier alpha value is -3.92. The smallest absolute Gasteiger partial charge is 0.343 e. The first kappa shape index (κ1) is 23.2. The first-order valence-electron chi connectivity index (χ1n) is 10.4. The summed E-state index contributed by atoms with van der Waals surface area (Å²) in [5.74, 6) is -0.262. The number of benzene rings is 1. The number of furan rings is 1. The number of aromatic nitrogens is 4. The monoisotopic (exact) mass is 477 g/mol. The molecule has 0 saturated heterocycles. The van der Waals surface area contributed by atoms with Gasteiger partial charge in [-0.05, 0) is 51.3 Å². The molecule has 0 aliphatic rings. The topological polar surface area (TPSA) is 112 Å². The van der Waals surface area contributed by atoms with E-state index in [1.54, 1.807) is 36.9 Å². The summed E-state index contributed by atoms with van der Waals surface area (Å²) in [6.45, 7) is 4.90. The number of nitrogens with zero attached hydrogens (tertiary/aromatic N) is 4. The molecule has 0 saturated carbocycles. The first-order chi connectivity index (χ1) is 16.4. The molecule has 0 aliphatic carbocycles. The lowest BCUT2D eigenvalue weighted by Gasteiger charge is -2.11. The molecule has 1 aromatic carbocycles. The second-order valence-electron chi connectivity index (χ2n) is 7.41. The highest BCUT2D eigenvalue weighted by Gasteiger charge is 2.22. The number of anilines is 1. The van der Waals surface area contributed by atoms with Crippen LogP contribution >= 0.6 is 11.8 Å². The summed E-state index contributed by atoms with van der Waals surface area (Å²) in [5.41, 5.74) is 3.55. The molecule has 0 fully saturated rings. The van der Waals surface area contributed by atoms with Gasteiger partial charge in [0.25, 0.3) is 5.91 Å². The van der Waals surface area contributed by atoms with Gasteiger partial charge in [-0.15, -0.1) is 11.8 Å². The zero-order valence-corrected chi connectivity index (χ0v) is 20.0. The normalized spacial score (nSPS) is 10.8. The number of ether oxygens (including phenoxy) is 1. The van der Waals surface area contributed by atoms with Crippen LogP contribution in [0.4, 0.5) is 5.69 Å². The van der Waals surface area contributed by atoms with Gasteiger partial charge >= 0.3 is 5.97 Å². The molecule has 0 aliphatic heterocycles. The van der Waals surface area contributed by atoms with Gasteiger partial charge in [0.05, 0.1) is 34.7 Å². The Morgan fingerprint density at radius 3 is 2.50 bits per heavy atom. The lowest BCUT2D eigenvalue weighted by molar-refractivity contribution is -0.119. The number of thioether (sulfide) groups is 1. The molecular weight excluding hydrogens is 454 g/mol. The zero-order chi connectivity index (χ0) is 24.2. The Labute approximate surface area is 200 Å². The van der Waals surface area contributed by atoms with Crippen LogP contribution in [0.25, 0.3) is 17.3 Å². The Balaban J connectivity index is 1.46. The second kappa shape index (κ2) is 9.92. The number of hydrogen-bond donors (Lipinski definition) is 1. The summed E-state index contributed by atoms with van der Waals surface area (Å²) in [7, 11) is 0. The Morgan fingerprint density at radius 1 is 1.06 bits per heavy atom. The van der Waals surface area contributed by atoms with E-state index in [2.05, 4.69) is 20.4 Å². The molecule has 0 atom stereocenters. The van der Waals surface area contributed by atoms with Gasteiger partial charge in [0.2, 0.25) is 0 Å². The highest BCUT2D eigenvalue weighted by atomic mass is 32.2. The van der Waals surface area contributed by atoms with Gasteiger partial charge in [0, 0.05) is 0 Å². The fourth-order valence-corrected chi connectivity index (χ4v) is 4.08. The SMILES string of the molecule is CSc1nc(-c2ccco2)nc(C)c1C(=O)OCC(=O)Nc1c(C)nn(-c2ccccc2)c1C. The van der Waals surface area contributed by atoms with Crippen molar-refractivity contribution in [3.8, 4) is 17.3 Å². The van der Waals surface area contributed by atoms with Gasteiger partial charge in [-0.2, -0.15) is 5.10 Å². The summed E-state index contributed by atoms with van der Waals surface area (Å²) in [5, 5.41) is 7.75. The predicted molar refractivity (Wildman–Crippen MR) is 128 cm³/mol. The van der Waals surface area contributed by atoms with E-state index < -0.39 is 18.5 Å². The van der Waals surface area contributed by atoms with Crippen LogP contribution in [-0.2, 0) is 9.53 Å². The number of carbonyl (C=O) groups is 2. The lowest BCUT2D eigenvalue weighted by atomic mass is 10.2. The van der Waals surface area contributed by atoms with E-state index in [1.807, 2.05) is 37.3 Å². The number of amides is 1. The third-order valence-corrected chi connectivity index (χ3v) is 5.77. The molecule has 1 amide bonds. The lowest BCUT2D eigenvalue weighted by Crippen LogP contribution is -2.22. The Bertz CT molecular complexity index is 1330. The van der Waals surface area contributed by atoms with Crippen molar-refractivity contribution in [3.05, 3.63) is 71.4 Å². The number of aryl methyl sites for hydroxylation is 2. The molecule has 1 N–H and O–H groups in total. The van der Waals surface area contributed by atoms with Crippen molar-refractivity contribution in [1.82, 2.24) is 19.7 Å². The number of esters is 1. The minimum Gasteiger partial charge on any atom is -0.461 e. The molecule has 0 spiro atoms. The highest BCUT2D eigenvalue weighted by Crippen LogP contribution is 2.26. The van der Waals surface area contributed by atoms with Crippen LogP contribution in [0.15, 0.2) is 58.2 Å². The third-order valence-electron chi connectivity index (χ3n) is 5.09. The van der Waals surface area contributed by atoms with Crippen LogP contribution in [0, 0.1) is 20.8 Å². The van der Waals surface area contributed by atoms with Gasteiger partial charge < -0.3 is 14.5 Å². The Morgan fingerprint density at radius 2 is 1.82 bits per heavy atom. The molecular formula is C24H23N5O4S. The van der Waals surface area contributed by atoms with Crippen molar-refractivity contribution < 1.29 is 18.7 Å². The minimum atomic E-state index is -0.670. The molecule has 0 bridgehead atoms. The maximum atomic E-state index is 12.8. The summed E-state index contributed by atoms with van der Waals surface area (Å²) in [4.78, 5) is 34.1. The van der Waals surface area contributed by atoms with E-state index >= 15 is 0 Å². The van der Waals surface area contributed by atoms with E-state index in [0.29, 0.717) is 33.7 Å². The number of rotatable bonds is 7. The molecule has 3 aromatic heterocycles. The van der Waals surface area contributed by atoms with Crippen molar-refractivity contribution in [1.29, 1.82) is 0 Å². The van der Waals surface area contributed by atoms with E-state index in [4.69, 9.17) is 9.15 Å². The van der Waals surface area contributed by atoms with Gasteiger partial charge in [0.1, 0.15) is 10.6 Å². The van der Waals surface area contributed by atoms with Crippen LogP contribution in [-0.4, -0.2) is 44.5 Å². The molecule has 0 unspecified atom stereocenters. The predicted octanol–water partition coefficient (Wildman–Crippen LogP) is 4.36. The number of para-hydroxylation sites is 1. The van der Waals surface area contributed by atoms with Gasteiger partial charge in [-0.3, -0.25) is 4.79 Å². The van der Waals surface area contributed by atoms with E-state index in [9.17, 15) is 9.59 Å². The molecule has 0 radical (unpaired) electrons. The van der Waals surface area contributed by atoms with Crippen LogP contribution in [0.2, 0.25) is 0 Å². The number of nitrogens with one attached hydrogen (secondary N) is 1. The van der Waals surface area contributed by atoms with Crippen molar-refractivity contribution in [2.75, 3.05) is 18.2 Å². The van der Waals surface area contributed by atoms with Gasteiger partial charge in [-0.25, -0.2) is 19.4 Å². The van der Waals surface area contributed by atoms with Crippen LogP contribution in [0.5, 0.6) is 0 Å². The summed E-state index contributed by atoms with van der Waals surface area (Å²) in [6, 6.07) is 13.1. The average molecular weight is 478 g/mol. The third kappa shape index (κ3) is 4.72. The van der Waals surface area contributed by atoms with Crippen LogP contribution < -0.4 is 5.32 Å². The number of hydrogen-bond acceptors (Lipinski definition) is 8. The van der Waals surface area contributed by atoms with Crippen molar-refractivity contribution in [2.24, 2.45) is 0 Å². The minimum absolute atomic E-state index is 0.222. The Kier molecular flexibility index (Phi) is 6.78. The van der Waals surface area contributed by atoms with E-state index in [-0.39, 0.29) is 5.56 Å². The van der Waals surface area contributed by atoms with E-state index in [1.165, 1.54) is 18.0 Å². The largest absolute Gasteiger partial charge is 0.461 e. The molecule has 4 rings (SSSR count). The second-order valence-corrected chi connectivity index (χ2v) is 8.21. The van der Waals surface area contributed by atoms with Gasteiger partial charge in [0.15, 0.2) is 18.2 Å². The fraction of sp³-hybridized carbons (Fsp3) is 0.208. The zero-order valence-electron chi connectivity index (χ0n) is 19.2. The van der Waals surface area contributed by atoms with Gasteiger partial charge in [-0.1, -0.05) is 18.2 Å². The highest BCUT2D eigenvalue weighted by molar-refractivity contribution is 7.98. The quantitative estimate of drug-likeness (QED) is 0.237. The summed E-state index contributed by atoms with van der Waals surface area (Å²) < 4.78 is 12.4. The maximum Gasteiger partial charge on any atom is 0.343 e. The first-order valence-corrected chi connectivity index (χ1v) is 11.7. The van der Waals surface area contributed by atoms with Crippen molar-refractivity contribution >= 4 is 29.3 Å². The van der Waals surface area contributed by atoms with Crippen molar-refractivity contribution in [2.45, 2.75) is 25.8 Å². The number of carbonyl (C=O) groups excluding carboxylic acids is 2. The molecule has 34 heavy (non-hydrogen) atoms. The molecule has 174 valence electrons. The maximum absolute atomic E-state index is 12.8. The van der Waals surface area contributed by atoms with Crippen LogP contribution in [0.3, 0.4) is 0 Å². The molecule has 9 nitrogen and oxygen atoms in total. The molecule has 4 aromatic rings. The van der Waals surface area contributed by atoms with Crippen molar-refractivity contribution in [3.63, 3.8) is 0 Å². The van der Waals surface area contributed by atoms with Crippen LogP contribution in [0.1, 0.15) is 27.4 Å². The molecule has 10 heteroatoms.